The van der Waals surface area contributed by atoms with Crippen molar-refractivity contribution >= 4 is 17.2 Å². The first-order valence-corrected chi connectivity index (χ1v) is 6.07. The number of hydrazone groups is 1. The molecule has 1 unspecified atom stereocenters. The van der Waals surface area contributed by atoms with Crippen LogP contribution in [0, 0.1) is 12.8 Å². The molecule has 1 atom stereocenters. The Kier molecular flexibility index (Phi) is 3.27. The highest BCUT2D eigenvalue weighted by atomic mass is 16.1. The molecule has 0 fully saturated rings. The maximum atomic E-state index is 11.7. The normalized spacial score (nSPS) is 19.4. The van der Waals surface area contributed by atoms with E-state index < -0.39 is 0 Å². The monoisotopic (exact) mass is 230 g/mol. The minimum Gasteiger partial charge on any atom is -0.293 e. The van der Waals surface area contributed by atoms with Crippen molar-refractivity contribution in [2.24, 2.45) is 11.0 Å². The molecule has 0 saturated carbocycles. The number of carbonyl (C=O) groups excluding carboxylic acids is 1. The number of anilines is 1. The number of benzene rings is 1. The molecule has 3 nitrogen and oxygen atoms in total. The molecular weight excluding hydrogens is 212 g/mol. The topological polar surface area (TPSA) is 32.7 Å². The SMILES string of the molecule is CCC(=O)C1=NN(c2cccc(C)c2)CC1C. The summed E-state index contributed by atoms with van der Waals surface area (Å²) >= 11 is 0. The lowest BCUT2D eigenvalue weighted by Crippen LogP contribution is -2.20. The van der Waals surface area contributed by atoms with Gasteiger partial charge >= 0.3 is 0 Å². The van der Waals surface area contributed by atoms with Gasteiger partial charge in [0.25, 0.3) is 0 Å². The Morgan fingerprint density at radius 1 is 1.53 bits per heavy atom. The smallest absolute Gasteiger partial charge is 0.178 e. The summed E-state index contributed by atoms with van der Waals surface area (Å²) in [5, 5.41) is 6.38. The predicted octanol–water partition coefficient (Wildman–Crippen LogP) is 2.79. The molecule has 2 rings (SSSR count). The third-order valence-electron chi connectivity index (χ3n) is 3.05. The third kappa shape index (κ3) is 2.38. The summed E-state index contributed by atoms with van der Waals surface area (Å²) in [5.74, 6) is 0.385. The zero-order valence-corrected chi connectivity index (χ0v) is 10.6. The fraction of sp³-hybridized carbons (Fsp3) is 0.429. The highest BCUT2D eigenvalue weighted by molar-refractivity contribution is 6.41. The summed E-state index contributed by atoms with van der Waals surface area (Å²) in [7, 11) is 0. The summed E-state index contributed by atoms with van der Waals surface area (Å²) in [6.07, 6.45) is 0.533. The summed E-state index contributed by atoms with van der Waals surface area (Å²) in [4.78, 5) is 11.7. The van der Waals surface area contributed by atoms with E-state index in [0.29, 0.717) is 12.1 Å². The predicted molar refractivity (Wildman–Crippen MR) is 70.4 cm³/mol. The van der Waals surface area contributed by atoms with E-state index in [1.165, 1.54) is 5.56 Å². The van der Waals surface area contributed by atoms with E-state index >= 15 is 0 Å². The van der Waals surface area contributed by atoms with Crippen LogP contribution in [0.2, 0.25) is 0 Å². The Labute approximate surface area is 102 Å². The van der Waals surface area contributed by atoms with Crippen LogP contribution in [0.1, 0.15) is 25.8 Å². The van der Waals surface area contributed by atoms with Crippen molar-refractivity contribution < 1.29 is 4.79 Å². The molecule has 1 aromatic rings. The van der Waals surface area contributed by atoms with Crippen molar-refractivity contribution in [3.8, 4) is 0 Å². The van der Waals surface area contributed by atoms with Gasteiger partial charge in [-0.15, -0.1) is 0 Å². The van der Waals surface area contributed by atoms with Crippen LogP contribution in [0.25, 0.3) is 0 Å². The Morgan fingerprint density at radius 2 is 2.29 bits per heavy atom. The van der Waals surface area contributed by atoms with Crippen molar-refractivity contribution in [1.29, 1.82) is 0 Å². The van der Waals surface area contributed by atoms with Gasteiger partial charge in [-0.05, 0) is 24.6 Å². The maximum absolute atomic E-state index is 11.7. The molecule has 1 heterocycles. The number of hydrogen-bond donors (Lipinski definition) is 0. The van der Waals surface area contributed by atoms with Crippen LogP contribution in [-0.2, 0) is 4.79 Å². The largest absolute Gasteiger partial charge is 0.293 e. The lowest BCUT2D eigenvalue weighted by atomic mass is 10.0. The molecule has 1 aliphatic rings. The van der Waals surface area contributed by atoms with Gasteiger partial charge in [-0.2, -0.15) is 5.10 Å². The second-order valence-electron chi connectivity index (χ2n) is 4.58. The van der Waals surface area contributed by atoms with Crippen molar-refractivity contribution in [2.75, 3.05) is 11.6 Å². The van der Waals surface area contributed by atoms with Crippen LogP contribution >= 0.6 is 0 Å². The molecule has 17 heavy (non-hydrogen) atoms. The fourth-order valence-corrected chi connectivity index (χ4v) is 2.08. The average Bonchev–Trinajstić information content (AvgIpc) is 2.70. The molecule has 1 aliphatic heterocycles. The van der Waals surface area contributed by atoms with E-state index in [2.05, 4.69) is 31.1 Å². The van der Waals surface area contributed by atoms with Crippen LogP contribution in [0.15, 0.2) is 29.4 Å². The van der Waals surface area contributed by atoms with Crippen molar-refractivity contribution in [1.82, 2.24) is 0 Å². The van der Waals surface area contributed by atoms with Crippen molar-refractivity contribution in [2.45, 2.75) is 27.2 Å². The number of aryl methyl sites for hydroxylation is 1. The molecule has 90 valence electrons. The summed E-state index contributed by atoms with van der Waals surface area (Å²) in [6, 6.07) is 8.20. The van der Waals surface area contributed by atoms with Gasteiger partial charge in [-0.25, -0.2) is 0 Å². The highest BCUT2D eigenvalue weighted by Crippen LogP contribution is 2.23. The number of hydrogen-bond acceptors (Lipinski definition) is 3. The van der Waals surface area contributed by atoms with Crippen LogP contribution in [0.4, 0.5) is 5.69 Å². The van der Waals surface area contributed by atoms with Gasteiger partial charge in [0.05, 0.1) is 5.69 Å². The molecule has 0 saturated heterocycles. The van der Waals surface area contributed by atoms with E-state index in [0.717, 1.165) is 12.2 Å². The molecule has 3 heteroatoms. The Bertz CT molecular complexity index is 465. The quantitative estimate of drug-likeness (QED) is 0.799. The molecule has 0 amide bonds. The maximum Gasteiger partial charge on any atom is 0.178 e. The second-order valence-corrected chi connectivity index (χ2v) is 4.58. The van der Waals surface area contributed by atoms with Gasteiger partial charge in [0.15, 0.2) is 5.78 Å². The number of rotatable bonds is 3. The lowest BCUT2D eigenvalue weighted by Gasteiger charge is -2.14. The van der Waals surface area contributed by atoms with Crippen LogP contribution < -0.4 is 5.01 Å². The summed E-state index contributed by atoms with van der Waals surface area (Å²) in [5.41, 5.74) is 2.99. The van der Waals surface area contributed by atoms with E-state index in [1.54, 1.807) is 0 Å². The molecule has 1 aromatic carbocycles. The second kappa shape index (κ2) is 4.70. The Balaban J connectivity index is 2.26. The molecule has 0 aliphatic carbocycles. The summed E-state index contributed by atoms with van der Waals surface area (Å²) in [6.45, 7) is 6.80. The van der Waals surface area contributed by atoms with Crippen LogP contribution in [-0.4, -0.2) is 18.0 Å². The zero-order valence-electron chi connectivity index (χ0n) is 10.6. The van der Waals surface area contributed by atoms with Gasteiger partial charge in [-0.1, -0.05) is 26.0 Å². The van der Waals surface area contributed by atoms with Crippen molar-refractivity contribution in [3.05, 3.63) is 29.8 Å². The van der Waals surface area contributed by atoms with Gasteiger partial charge in [-0.3, -0.25) is 9.80 Å². The van der Waals surface area contributed by atoms with E-state index in [9.17, 15) is 4.79 Å². The fourth-order valence-electron chi connectivity index (χ4n) is 2.08. The highest BCUT2D eigenvalue weighted by Gasteiger charge is 2.27. The molecular formula is C14H18N2O. The van der Waals surface area contributed by atoms with Gasteiger partial charge < -0.3 is 0 Å². The Hall–Kier alpha value is -1.64. The first-order valence-electron chi connectivity index (χ1n) is 6.07. The first kappa shape index (κ1) is 11.8. The molecule has 0 aromatic heterocycles. The van der Waals surface area contributed by atoms with Crippen molar-refractivity contribution in [3.63, 3.8) is 0 Å². The lowest BCUT2D eigenvalue weighted by molar-refractivity contribution is -0.112. The molecule has 0 bridgehead atoms. The van der Waals surface area contributed by atoms with Crippen LogP contribution in [0.5, 0.6) is 0 Å². The summed E-state index contributed by atoms with van der Waals surface area (Å²) < 4.78 is 0. The number of nitrogens with zero attached hydrogens (tertiary/aromatic N) is 2. The third-order valence-corrected chi connectivity index (χ3v) is 3.05. The van der Waals surface area contributed by atoms with Crippen LogP contribution in [0.3, 0.4) is 0 Å². The molecule has 0 spiro atoms. The number of ketones is 1. The van der Waals surface area contributed by atoms with E-state index in [1.807, 2.05) is 24.1 Å². The number of carbonyl (C=O) groups is 1. The van der Waals surface area contributed by atoms with Gasteiger partial charge in [0.1, 0.15) is 5.71 Å². The van der Waals surface area contributed by atoms with Gasteiger partial charge in [0.2, 0.25) is 0 Å². The molecule has 0 radical (unpaired) electrons. The molecule has 0 N–H and O–H groups in total. The first-order chi connectivity index (χ1) is 8.11. The van der Waals surface area contributed by atoms with Gasteiger partial charge in [0, 0.05) is 18.9 Å². The zero-order chi connectivity index (χ0) is 12.4. The minimum absolute atomic E-state index is 0.160. The van der Waals surface area contributed by atoms with E-state index in [4.69, 9.17) is 0 Å². The van der Waals surface area contributed by atoms with E-state index in [-0.39, 0.29) is 11.7 Å². The standard InChI is InChI=1S/C14H18N2O/c1-4-13(17)14-11(3)9-16(15-14)12-7-5-6-10(2)8-12/h5-8,11H,4,9H2,1-3H3. The number of Topliss-reactive ketones (excluding diaryl/α,β-unsaturated/α-hetero) is 1. The average molecular weight is 230 g/mol. The Morgan fingerprint density at radius 3 is 2.94 bits per heavy atom. The minimum atomic E-state index is 0.160.